The molecule has 0 spiro atoms. The summed E-state index contributed by atoms with van der Waals surface area (Å²) in [6.07, 6.45) is 8.85. The summed E-state index contributed by atoms with van der Waals surface area (Å²) in [6.45, 7) is 9.94. The van der Waals surface area contributed by atoms with Crippen molar-refractivity contribution in [1.82, 2.24) is 0 Å². The Labute approximate surface area is 180 Å². The SMILES string of the molecule is CC1(C)CCC[C@]2(C)[C@H]3CC[C@]4(CO)O[C@@H](C5=CC(=O)OC5O)C[C@H]4[C@]3(C)CC[C@@H]12. The average molecular weight is 419 g/mol. The summed E-state index contributed by atoms with van der Waals surface area (Å²) in [4.78, 5) is 11.7. The second kappa shape index (κ2) is 6.55. The van der Waals surface area contributed by atoms with Crippen molar-refractivity contribution < 1.29 is 24.5 Å². The predicted octanol–water partition coefficient (Wildman–Crippen LogP) is 3.97. The Bertz CT molecular complexity index is 774. The van der Waals surface area contributed by atoms with Crippen molar-refractivity contribution in [3.63, 3.8) is 0 Å². The van der Waals surface area contributed by atoms with Gasteiger partial charge in [-0.1, -0.05) is 34.1 Å². The Balaban J connectivity index is 1.50. The van der Waals surface area contributed by atoms with Crippen LogP contribution in [0.5, 0.6) is 0 Å². The van der Waals surface area contributed by atoms with Gasteiger partial charge in [0.2, 0.25) is 6.29 Å². The van der Waals surface area contributed by atoms with Gasteiger partial charge in [-0.3, -0.25) is 0 Å². The Kier molecular flexibility index (Phi) is 4.58. The molecule has 0 amide bonds. The molecule has 8 atom stereocenters. The number of hydrogen-bond acceptors (Lipinski definition) is 5. The lowest BCUT2D eigenvalue weighted by Crippen LogP contribution is -2.62. The number of cyclic esters (lactones) is 1. The monoisotopic (exact) mass is 418 g/mol. The van der Waals surface area contributed by atoms with Crippen LogP contribution in [0.4, 0.5) is 0 Å². The second-order valence-corrected chi connectivity index (χ2v) is 12.1. The second-order valence-electron chi connectivity index (χ2n) is 12.1. The van der Waals surface area contributed by atoms with Crippen molar-refractivity contribution in [3.05, 3.63) is 11.6 Å². The number of aliphatic hydroxyl groups is 2. The molecule has 4 fully saturated rings. The van der Waals surface area contributed by atoms with Gasteiger partial charge < -0.3 is 19.7 Å². The van der Waals surface area contributed by atoms with E-state index in [0.29, 0.717) is 22.3 Å². The van der Waals surface area contributed by atoms with Crippen LogP contribution in [0.3, 0.4) is 0 Å². The molecule has 0 radical (unpaired) electrons. The van der Waals surface area contributed by atoms with E-state index in [-0.39, 0.29) is 24.0 Å². The van der Waals surface area contributed by atoms with Gasteiger partial charge in [0.05, 0.1) is 18.3 Å². The van der Waals surface area contributed by atoms with Crippen molar-refractivity contribution in [2.24, 2.45) is 34.0 Å². The van der Waals surface area contributed by atoms with Crippen LogP contribution in [0, 0.1) is 34.0 Å². The molecule has 0 aromatic rings. The quantitative estimate of drug-likeness (QED) is 0.664. The van der Waals surface area contributed by atoms with Gasteiger partial charge in [0.25, 0.3) is 0 Å². The lowest BCUT2D eigenvalue weighted by Gasteiger charge is -2.67. The summed E-state index contributed by atoms with van der Waals surface area (Å²) < 4.78 is 11.4. The molecule has 5 aliphatic rings. The highest BCUT2D eigenvalue weighted by Crippen LogP contribution is 2.71. The first-order valence-electron chi connectivity index (χ1n) is 11.9. The molecule has 5 nitrogen and oxygen atoms in total. The molecule has 0 aromatic carbocycles. The van der Waals surface area contributed by atoms with Crippen LogP contribution in [0.15, 0.2) is 11.6 Å². The van der Waals surface area contributed by atoms with E-state index in [4.69, 9.17) is 9.47 Å². The van der Waals surface area contributed by atoms with Crippen molar-refractivity contribution in [1.29, 1.82) is 0 Å². The van der Waals surface area contributed by atoms with Gasteiger partial charge in [-0.15, -0.1) is 0 Å². The minimum absolute atomic E-state index is 0.000289. The molecular formula is C25H38O5. The van der Waals surface area contributed by atoms with Gasteiger partial charge in [-0.25, -0.2) is 4.79 Å². The number of fused-ring (bicyclic) bond motifs is 5. The number of carbonyl (C=O) groups is 1. The lowest BCUT2D eigenvalue weighted by atomic mass is 9.38. The van der Waals surface area contributed by atoms with E-state index in [2.05, 4.69) is 27.7 Å². The molecule has 5 rings (SSSR count). The number of rotatable bonds is 2. The van der Waals surface area contributed by atoms with Crippen molar-refractivity contribution >= 4 is 5.97 Å². The smallest absolute Gasteiger partial charge is 0.333 e. The maximum absolute atomic E-state index is 11.7. The highest BCUT2D eigenvalue weighted by Gasteiger charge is 2.67. The molecule has 168 valence electrons. The summed E-state index contributed by atoms with van der Waals surface area (Å²) >= 11 is 0. The fourth-order valence-corrected chi connectivity index (χ4v) is 9.20. The Morgan fingerprint density at radius 1 is 1.00 bits per heavy atom. The molecule has 2 N–H and O–H groups in total. The molecular weight excluding hydrogens is 380 g/mol. The van der Waals surface area contributed by atoms with E-state index in [1.165, 1.54) is 38.2 Å². The molecule has 0 bridgehead atoms. The summed E-state index contributed by atoms with van der Waals surface area (Å²) in [5.74, 6) is 1.10. The number of hydrogen-bond donors (Lipinski definition) is 2. The summed E-state index contributed by atoms with van der Waals surface area (Å²) in [5.41, 5.74) is 0.782. The predicted molar refractivity (Wildman–Crippen MR) is 112 cm³/mol. The van der Waals surface area contributed by atoms with Gasteiger partial charge in [0.1, 0.15) is 0 Å². The summed E-state index contributed by atoms with van der Waals surface area (Å²) in [7, 11) is 0. The topological polar surface area (TPSA) is 76.0 Å². The summed E-state index contributed by atoms with van der Waals surface area (Å²) in [5, 5.41) is 20.7. The van der Waals surface area contributed by atoms with Crippen molar-refractivity contribution in [2.45, 2.75) is 97.1 Å². The third-order valence-electron chi connectivity index (χ3n) is 10.4. The van der Waals surface area contributed by atoms with Crippen LogP contribution in [-0.4, -0.2) is 40.8 Å². The highest BCUT2D eigenvalue weighted by molar-refractivity contribution is 5.85. The third-order valence-corrected chi connectivity index (χ3v) is 10.4. The first-order valence-corrected chi connectivity index (χ1v) is 11.9. The van der Waals surface area contributed by atoms with E-state index in [1.54, 1.807) is 0 Å². The number of esters is 1. The van der Waals surface area contributed by atoms with Gasteiger partial charge >= 0.3 is 5.97 Å². The molecule has 5 heteroatoms. The zero-order valence-corrected chi connectivity index (χ0v) is 18.9. The maximum Gasteiger partial charge on any atom is 0.333 e. The van der Waals surface area contributed by atoms with E-state index in [1.807, 2.05) is 0 Å². The van der Waals surface area contributed by atoms with Crippen LogP contribution in [0.1, 0.15) is 79.1 Å². The fourth-order valence-electron chi connectivity index (χ4n) is 9.20. The molecule has 1 unspecified atom stereocenters. The highest BCUT2D eigenvalue weighted by atomic mass is 16.6. The molecule has 3 saturated carbocycles. The number of aliphatic hydroxyl groups excluding tert-OH is 2. The molecule has 2 heterocycles. The van der Waals surface area contributed by atoms with Gasteiger partial charge in [-0.2, -0.15) is 0 Å². The average Bonchev–Trinajstić information content (AvgIpc) is 3.21. The van der Waals surface area contributed by atoms with E-state index in [0.717, 1.165) is 25.2 Å². The molecule has 2 aliphatic heterocycles. The van der Waals surface area contributed by atoms with E-state index in [9.17, 15) is 15.0 Å². The first kappa shape index (κ1) is 21.0. The first-order chi connectivity index (χ1) is 14.1. The largest absolute Gasteiger partial charge is 0.429 e. The van der Waals surface area contributed by atoms with Gasteiger partial charge in [0, 0.05) is 11.6 Å². The van der Waals surface area contributed by atoms with Crippen LogP contribution >= 0.6 is 0 Å². The molecule has 1 saturated heterocycles. The van der Waals surface area contributed by atoms with E-state index >= 15 is 0 Å². The van der Waals surface area contributed by atoms with Crippen LogP contribution in [0.25, 0.3) is 0 Å². The molecule has 0 aromatic heterocycles. The minimum Gasteiger partial charge on any atom is -0.429 e. The third kappa shape index (κ3) is 2.67. The van der Waals surface area contributed by atoms with Crippen LogP contribution in [-0.2, 0) is 14.3 Å². The molecule has 3 aliphatic carbocycles. The van der Waals surface area contributed by atoms with Crippen LogP contribution < -0.4 is 0 Å². The fraction of sp³-hybridized carbons (Fsp3) is 0.880. The van der Waals surface area contributed by atoms with Gasteiger partial charge in [-0.05, 0) is 78.9 Å². The minimum atomic E-state index is -1.21. The zero-order chi connectivity index (χ0) is 21.5. The van der Waals surface area contributed by atoms with Gasteiger partial charge in [0.15, 0.2) is 0 Å². The zero-order valence-electron chi connectivity index (χ0n) is 18.9. The lowest BCUT2D eigenvalue weighted by molar-refractivity contribution is -0.212. The maximum atomic E-state index is 11.7. The van der Waals surface area contributed by atoms with Crippen molar-refractivity contribution in [3.8, 4) is 0 Å². The number of carbonyl (C=O) groups excluding carboxylic acids is 1. The summed E-state index contributed by atoms with van der Waals surface area (Å²) in [6, 6.07) is 0. The van der Waals surface area contributed by atoms with Crippen molar-refractivity contribution in [2.75, 3.05) is 6.61 Å². The van der Waals surface area contributed by atoms with Crippen LogP contribution in [0.2, 0.25) is 0 Å². The number of ether oxygens (including phenoxy) is 2. The Hall–Kier alpha value is -0.910. The van der Waals surface area contributed by atoms with E-state index < -0.39 is 17.9 Å². The molecule has 30 heavy (non-hydrogen) atoms. The Morgan fingerprint density at radius 2 is 1.70 bits per heavy atom. The standard InChI is InChI=1S/C25H38O5/c1-22(2)8-5-9-23(3)17(22)6-10-24(4)18(23)7-11-25(14-26)19(24)13-16(30-25)15-12-20(27)29-21(15)28/h12,16-19,21,26,28H,5-11,13-14H2,1-4H3/t16-,17+,18-,19+,21?,23+,24-,25-/m1/s1. The Morgan fingerprint density at radius 3 is 2.37 bits per heavy atom. The normalized spacial score (nSPS) is 52.1.